The number of carbonyl (C=O) groups excluding carboxylic acids is 1. The Labute approximate surface area is 143 Å². The number of nitro groups is 1. The predicted molar refractivity (Wildman–Crippen MR) is 85.9 cm³/mol. The first-order chi connectivity index (χ1) is 11.3. The molecule has 0 fully saturated rings. The third-order valence-corrected chi connectivity index (χ3v) is 4.56. The molecule has 138 valence electrons. The van der Waals surface area contributed by atoms with Crippen LogP contribution in [0.4, 0.5) is 10.5 Å². The second-order valence-electron chi connectivity index (χ2n) is 6.04. The van der Waals surface area contributed by atoms with Crippen molar-refractivity contribution < 1.29 is 32.8 Å². The Morgan fingerprint density at radius 1 is 1.32 bits per heavy atom. The van der Waals surface area contributed by atoms with Crippen molar-refractivity contribution in [3.05, 3.63) is 34.4 Å². The highest BCUT2D eigenvalue weighted by Crippen LogP contribution is 2.24. The molecule has 0 aliphatic heterocycles. The molecule has 0 spiro atoms. The topological polar surface area (TPSA) is 153 Å². The summed E-state index contributed by atoms with van der Waals surface area (Å²) >= 11 is 0. The quantitative estimate of drug-likeness (QED) is 0.559. The van der Waals surface area contributed by atoms with E-state index in [0.29, 0.717) is 0 Å². The lowest BCUT2D eigenvalue weighted by Crippen LogP contribution is -2.47. The monoisotopic (exact) mass is 374 g/mol. The maximum Gasteiger partial charge on any atom is 0.408 e. The summed E-state index contributed by atoms with van der Waals surface area (Å²) in [6.45, 7) is 4.64. The lowest BCUT2D eigenvalue weighted by molar-refractivity contribution is -0.387. The molecule has 0 heterocycles. The van der Waals surface area contributed by atoms with Crippen LogP contribution in [0.1, 0.15) is 20.8 Å². The molecular weight excluding hydrogens is 356 g/mol. The van der Waals surface area contributed by atoms with Crippen molar-refractivity contribution in [2.24, 2.45) is 0 Å². The number of ether oxygens (including phenoxy) is 1. The van der Waals surface area contributed by atoms with Crippen molar-refractivity contribution in [3.63, 3.8) is 0 Å². The number of aliphatic carboxylic acids is 1. The van der Waals surface area contributed by atoms with Crippen LogP contribution in [0.2, 0.25) is 0 Å². The summed E-state index contributed by atoms with van der Waals surface area (Å²) in [6.07, 6.45) is -1.11. The van der Waals surface area contributed by atoms with E-state index in [9.17, 15) is 28.1 Å². The number of carbonyl (C=O) groups is 2. The van der Waals surface area contributed by atoms with Gasteiger partial charge in [0.2, 0.25) is 0 Å². The lowest BCUT2D eigenvalue weighted by atomic mass is 10.2. The first kappa shape index (κ1) is 20.4. The third-order valence-electron chi connectivity index (χ3n) is 2.77. The molecule has 0 aromatic heterocycles. The van der Waals surface area contributed by atoms with E-state index < -0.39 is 54.8 Å². The number of carboxylic acids is 1. The highest BCUT2D eigenvalue weighted by atomic mass is 32.2. The minimum Gasteiger partial charge on any atom is -0.480 e. The smallest absolute Gasteiger partial charge is 0.408 e. The number of sulfone groups is 1. The van der Waals surface area contributed by atoms with Crippen LogP contribution < -0.4 is 5.32 Å². The van der Waals surface area contributed by atoms with Crippen molar-refractivity contribution in [2.75, 3.05) is 5.75 Å². The largest absolute Gasteiger partial charge is 0.480 e. The number of nitrogens with one attached hydrogen (secondary N) is 1. The Balaban J connectivity index is 3.08. The maximum atomic E-state index is 12.4. The SMILES string of the molecule is CC(C)(C)OC(=O)N[C@H](CS(=O)(=O)c1ccccc1[N+](=O)[O-])C(=O)O. The van der Waals surface area contributed by atoms with Gasteiger partial charge in [0.1, 0.15) is 16.5 Å². The Hall–Kier alpha value is -2.69. The van der Waals surface area contributed by atoms with E-state index in [1.807, 2.05) is 5.32 Å². The number of para-hydroxylation sites is 1. The van der Waals surface area contributed by atoms with Crippen LogP contribution in [0.5, 0.6) is 0 Å². The molecule has 10 nitrogen and oxygen atoms in total. The Kier molecular flexibility index (Phi) is 6.08. The molecule has 0 aliphatic rings. The lowest BCUT2D eigenvalue weighted by Gasteiger charge is -2.21. The number of amides is 1. The van der Waals surface area contributed by atoms with Gasteiger partial charge in [0, 0.05) is 6.07 Å². The third kappa shape index (κ3) is 6.03. The van der Waals surface area contributed by atoms with Crippen LogP contribution in [-0.2, 0) is 19.4 Å². The molecule has 0 bridgehead atoms. The number of rotatable bonds is 6. The van der Waals surface area contributed by atoms with Crippen molar-refractivity contribution in [1.82, 2.24) is 5.32 Å². The van der Waals surface area contributed by atoms with Crippen molar-refractivity contribution in [1.29, 1.82) is 0 Å². The van der Waals surface area contributed by atoms with Gasteiger partial charge in [-0.15, -0.1) is 0 Å². The fourth-order valence-corrected chi connectivity index (χ4v) is 3.40. The Morgan fingerprint density at radius 3 is 2.36 bits per heavy atom. The first-order valence-corrected chi connectivity index (χ1v) is 8.67. The molecule has 0 radical (unpaired) electrons. The van der Waals surface area contributed by atoms with Gasteiger partial charge in [-0.1, -0.05) is 12.1 Å². The van der Waals surface area contributed by atoms with E-state index in [1.165, 1.54) is 12.1 Å². The van der Waals surface area contributed by atoms with Gasteiger partial charge in [-0.25, -0.2) is 18.0 Å². The molecule has 0 saturated carbocycles. The van der Waals surface area contributed by atoms with Gasteiger partial charge in [0.25, 0.3) is 5.69 Å². The number of hydrogen-bond donors (Lipinski definition) is 2. The van der Waals surface area contributed by atoms with Crippen molar-refractivity contribution >= 4 is 27.6 Å². The minimum absolute atomic E-state index is 0.628. The summed E-state index contributed by atoms with van der Waals surface area (Å²) in [5, 5.41) is 22.0. The summed E-state index contributed by atoms with van der Waals surface area (Å²) in [7, 11) is -4.36. The van der Waals surface area contributed by atoms with E-state index in [1.54, 1.807) is 20.8 Å². The van der Waals surface area contributed by atoms with E-state index in [4.69, 9.17) is 9.84 Å². The highest BCUT2D eigenvalue weighted by molar-refractivity contribution is 7.91. The van der Waals surface area contributed by atoms with E-state index in [2.05, 4.69) is 0 Å². The molecule has 1 rings (SSSR count). The molecular formula is C14H18N2O8S. The van der Waals surface area contributed by atoms with E-state index in [-0.39, 0.29) is 0 Å². The van der Waals surface area contributed by atoms with Gasteiger partial charge < -0.3 is 15.2 Å². The maximum absolute atomic E-state index is 12.4. The fourth-order valence-electron chi connectivity index (χ4n) is 1.80. The second-order valence-corrected chi connectivity index (χ2v) is 8.05. The summed E-state index contributed by atoms with van der Waals surface area (Å²) in [6, 6.07) is 2.71. The molecule has 0 aliphatic carbocycles. The molecule has 1 aromatic carbocycles. The average molecular weight is 374 g/mol. The van der Waals surface area contributed by atoms with Crippen LogP contribution in [0.15, 0.2) is 29.2 Å². The second kappa shape index (κ2) is 7.47. The zero-order valence-electron chi connectivity index (χ0n) is 13.8. The summed E-state index contributed by atoms with van der Waals surface area (Å²) < 4.78 is 29.6. The van der Waals surface area contributed by atoms with Crippen LogP contribution in [0.3, 0.4) is 0 Å². The predicted octanol–water partition coefficient (Wildman–Crippen LogP) is 1.35. The zero-order chi connectivity index (χ0) is 19.4. The van der Waals surface area contributed by atoms with Gasteiger partial charge in [0.05, 0.1) is 10.7 Å². The first-order valence-electron chi connectivity index (χ1n) is 7.02. The van der Waals surface area contributed by atoms with Gasteiger partial charge in [-0.3, -0.25) is 10.1 Å². The van der Waals surface area contributed by atoms with Crippen LogP contribution in [0, 0.1) is 10.1 Å². The number of hydrogen-bond acceptors (Lipinski definition) is 7. The van der Waals surface area contributed by atoms with Crippen LogP contribution >= 0.6 is 0 Å². The number of alkyl carbamates (subject to hydrolysis) is 1. The fraction of sp³-hybridized carbons (Fsp3) is 0.429. The highest BCUT2D eigenvalue weighted by Gasteiger charge is 2.33. The van der Waals surface area contributed by atoms with Crippen molar-refractivity contribution in [2.45, 2.75) is 37.3 Å². The zero-order valence-corrected chi connectivity index (χ0v) is 14.6. The standard InChI is InChI=1S/C14H18N2O8S/c1-14(2,3)24-13(19)15-9(12(17)18)8-25(22,23)11-7-5-4-6-10(11)16(20)21/h4-7,9H,8H2,1-3H3,(H,15,19)(H,17,18)/t9-/m1/s1. The summed E-state index contributed by atoms with van der Waals surface area (Å²) in [5.41, 5.74) is -1.59. The Bertz CT molecular complexity index is 782. The Morgan fingerprint density at radius 2 is 1.88 bits per heavy atom. The molecule has 2 N–H and O–H groups in total. The van der Waals surface area contributed by atoms with Crippen LogP contribution in [0.25, 0.3) is 0 Å². The molecule has 1 amide bonds. The molecule has 1 aromatic rings. The number of nitrogens with zero attached hydrogens (tertiary/aromatic N) is 1. The van der Waals surface area contributed by atoms with Gasteiger partial charge in [-0.05, 0) is 26.8 Å². The van der Waals surface area contributed by atoms with E-state index in [0.717, 1.165) is 12.1 Å². The number of carboxylic acid groups (broad SMARTS) is 1. The van der Waals surface area contributed by atoms with E-state index >= 15 is 0 Å². The van der Waals surface area contributed by atoms with Gasteiger partial charge in [0.15, 0.2) is 9.84 Å². The molecule has 25 heavy (non-hydrogen) atoms. The minimum atomic E-state index is -4.36. The molecule has 1 atom stereocenters. The average Bonchev–Trinajstić information content (AvgIpc) is 2.44. The van der Waals surface area contributed by atoms with Crippen LogP contribution in [-0.4, -0.2) is 47.9 Å². The normalized spacial score (nSPS) is 12.9. The number of nitro benzene ring substituents is 1. The number of benzene rings is 1. The molecule has 0 saturated heterocycles. The van der Waals surface area contributed by atoms with Gasteiger partial charge >= 0.3 is 12.1 Å². The molecule has 11 heteroatoms. The summed E-state index contributed by atoms with van der Waals surface area (Å²) in [5.74, 6) is -2.68. The van der Waals surface area contributed by atoms with Gasteiger partial charge in [-0.2, -0.15) is 0 Å². The van der Waals surface area contributed by atoms with Crippen molar-refractivity contribution in [3.8, 4) is 0 Å². The molecule has 0 unspecified atom stereocenters. The summed E-state index contributed by atoms with van der Waals surface area (Å²) in [4.78, 5) is 32.4.